The third-order valence-electron chi connectivity index (χ3n) is 5.20. The van der Waals surface area contributed by atoms with E-state index >= 15 is 0 Å². The average molecular weight is 365 g/mol. The lowest BCUT2D eigenvalue weighted by atomic mass is 9.96. The molecule has 3 rings (SSSR count). The number of hydrogen-bond acceptors (Lipinski definition) is 3. The largest absolute Gasteiger partial charge is 0.381 e. The first-order chi connectivity index (χ1) is 12.0. The van der Waals surface area contributed by atoms with Crippen molar-refractivity contribution in [3.8, 4) is 0 Å². The number of nitrogens with one attached hydrogen (secondary N) is 1. The van der Waals surface area contributed by atoms with Gasteiger partial charge in [-0.05, 0) is 57.7 Å². The Hall–Kier alpha value is -1.59. The molecule has 25 heavy (non-hydrogen) atoms. The van der Waals surface area contributed by atoms with Gasteiger partial charge in [0.15, 0.2) is 0 Å². The van der Waals surface area contributed by atoms with Crippen LogP contribution in [0.5, 0.6) is 0 Å². The zero-order chi connectivity index (χ0) is 18.0. The molecular weight excluding hydrogens is 340 g/mol. The Balaban J connectivity index is 1.85. The van der Waals surface area contributed by atoms with Gasteiger partial charge in [-0.15, -0.1) is 0 Å². The number of nitrogens with zero attached hydrogens (tertiary/aromatic N) is 1. The fourth-order valence-electron chi connectivity index (χ4n) is 3.74. The molecule has 5 nitrogen and oxygen atoms in total. The maximum atomic E-state index is 13.2. The van der Waals surface area contributed by atoms with Crippen LogP contribution in [-0.4, -0.2) is 42.0 Å². The fraction of sp³-hybridized carbons (Fsp3) is 0.579. The Bertz CT molecular complexity index is 648. The molecule has 0 saturated carbocycles. The summed E-state index contributed by atoms with van der Waals surface area (Å²) in [5.41, 5.74) is 0.983. The Morgan fingerprint density at radius 3 is 2.56 bits per heavy atom. The van der Waals surface area contributed by atoms with Crippen LogP contribution < -0.4 is 5.32 Å². The Kier molecular flexibility index (Phi) is 5.64. The molecular formula is C19H25ClN2O3. The van der Waals surface area contributed by atoms with Gasteiger partial charge in [0, 0.05) is 23.7 Å². The monoisotopic (exact) mass is 364 g/mol. The van der Waals surface area contributed by atoms with E-state index in [0.717, 1.165) is 19.3 Å². The minimum absolute atomic E-state index is 0.0693. The summed E-state index contributed by atoms with van der Waals surface area (Å²) < 4.78 is 5.28. The number of rotatable bonds is 3. The predicted octanol–water partition coefficient (Wildman–Crippen LogP) is 3.72. The number of benzene rings is 1. The molecule has 1 aromatic carbocycles. The van der Waals surface area contributed by atoms with Crippen molar-refractivity contribution in [2.75, 3.05) is 18.5 Å². The van der Waals surface area contributed by atoms with Crippen LogP contribution >= 0.6 is 11.6 Å². The molecule has 1 aromatic rings. The minimum atomic E-state index is -0.161. The summed E-state index contributed by atoms with van der Waals surface area (Å²) in [6.45, 7) is 5.19. The van der Waals surface area contributed by atoms with E-state index in [1.54, 1.807) is 18.2 Å². The van der Waals surface area contributed by atoms with Gasteiger partial charge in [0.05, 0.1) is 23.8 Å². The van der Waals surface area contributed by atoms with Crippen molar-refractivity contribution in [3.05, 3.63) is 28.8 Å². The zero-order valence-corrected chi connectivity index (χ0v) is 15.5. The number of halogens is 1. The average Bonchev–Trinajstić information content (AvgIpc) is 3.11. The van der Waals surface area contributed by atoms with E-state index in [1.807, 2.05) is 4.90 Å². The second-order valence-electron chi connectivity index (χ2n) is 7.08. The summed E-state index contributed by atoms with van der Waals surface area (Å²) in [5, 5.41) is 3.39. The Labute approximate surface area is 153 Å². The highest BCUT2D eigenvalue weighted by molar-refractivity contribution is 6.31. The number of hydrogen-bond donors (Lipinski definition) is 1. The summed E-state index contributed by atoms with van der Waals surface area (Å²) in [6, 6.07) is 5.42. The maximum absolute atomic E-state index is 13.2. The van der Waals surface area contributed by atoms with Crippen molar-refractivity contribution in [1.82, 2.24) is 4.90 Å². The molecule has 136 valence electrons. The van der Waals surface area contributed by atoms with Gasteiger partial charge in [0.1, 0.15) is 0 Å². The summed E-state index contributed by atoms with van der Waals surface area (Å²) in [6.07, 6.45) is 3.84. The number of ether oxygens (including phenoxy) is 1. The van der Waals surface area contributed by atoms with Crippen LogP contribution in [0.15, 0.2) is 18.2 Å². The molecule has 2 saturated heterocycles. The predicted molar refractivity (Wildman–Crippen MR) is 98.0 cm³/mol. The van der Waals surface area contributed by atoms with Crippen LogP contribution in [0, 0.1) is 5.92 Å². The minimum Gasteiger partial charge on any atom is -0.381 e. The summed E-state index contributed by atoms with van der Waals surface area (Å²) >= 11 is 6.13. The molecule has 6 heteroatoms. The highest BCUT2D eigenvalue weighted by Gasteiger charge is 2.32. The van der Waals surface area contributed by atoms with E-state index in [0.29, 0.717) is 35.9 Å². The van der Waals surface area contributed by atoms with Crippen molar-refractivity contribution in [1.29, 1.82) is 0 Å². The van der Waals surface area contributed by atoms with Crippen molar-refractivity contribution < 1.29 is 14.3 Å². The van der Waals surface area contributed by atoms with Crippen LogP contribution in [0.1, 0.15) is 49.9 Å². The number of carbonyl (C=O) groups excluding carboxylic acids is 2. The first kappa shape index (κ1) is 18.2. The number of anilines is 1. The van der Waals surface area contributed by atoms with E-state index in [9.17, 15) is 9.59 Å². The third kappa shape index (κ3) is 3.98. The SMILES string of the molecule is C[C@@H]1CCC[C@@H](C)N1C(=O)c1cc(Cl)ccc1NC(=O)[C@H]1CCOC1. The quantitative estimate of drug-likeness (QED) is 0.889. The smallest absolute Gasteiger partial charge is 0.256 e. The van der Waals surface area contributed by atoms with Crippen LogP contribution in [0.4, 0.5) is 5.69 Å². The van der Waals surface area contributed by atoms with Gasteiger partial charge in [-0.25, -0.2) is 0 Å². The molecule has 0 unspecified atom stereocenters. The van der Waals surface area contributed by atoms with E-state index in [4.69, 9.17) is 16.3 Å². The molecule has 2 amide bonds. The normalized spacial score (nSPS) is 26.5. The van der Waals surface area contributed by atoms with Gasteiger partial charge in [0.2, 0.25) is 5.91 Å². The second kappa shape index (κ2) is 7.75. The number of likely N-dealkylation sites (tertiary alicyclic amines) is 1. The first-order valence-electron chi connectivity index (χ1n) is 8.98. The van der Waals surface area contributed by atoms with Crippen LogP contribution in [0.2, 0.25) is 5.02 Å². The van der Waals surface area contributed by atoms with Gasteiger partial charge in [-0.2, -0.15) is 0 Å². The molecule has 0 aliphatic carbocycles. The molecule has 0 bridgehead atoms. The number of amides is 2. The highest BCUT2D eigenvalue weighted by atomic mass is 35.5. The maximum Gasteiger partial charge on any atom is 0.256 e. The zero-order valence-electron chi connectivity index (χ0n) is 14.8. The first-order valence-corrected chi connectivity index (χ1v) is 9.36. The standard InChI is InChI=1S/C19H25ClN2O3/c1-12-4-3-5-13(2)22(12)19(24)16-10-15(20)6-7-17(16)21-18(23)14-8-9-25-11-14/h6-7,10,12-14H,3-5,8-9,11H2,1-2H3,(H,21,23)/t12-,13-,14+/m1/s1. The topological polar surface area (TPSA) is 58.6 Å². The Morgan fingerprint density at radius 2 is 1.92 bits per heavy atom. The van der Waals surface area contributed by atoms with Crippen LogP contribution in [-0.2, 0) is 9.53 Å². The lowest BCUT2D eigenvalue weighted by molar-refractivity contribution is -0.119. The summed E-state index contributed by atoms with van der Waals surface area (Å²) in [4.78, 5) is 27.5. The van der Waals surface area contributed by atoms with Gasteiger partial charge in [0.25, 0.3) is 5.91 Å². The Morgan fingerprint density at radius 1 is 1.20 bits per heavy atom. The van der Waals surface area contributed by atoms with E-state index in [1.165, 1.54) is 0 Å². The molecule has 0 radical (unpaired) electrons. The van der Waals surface area contributed by atoms with Gasteiger partial charge < -0.3 is 15.0 Å². The van der Waals surface area contributed by atoms with E-state index in [-0.39, 0.29) is 29.8 Å². The van der Waals surface area contributed by atoms with Gasteiger partial charge >= 0.3 is 0 Å². The molecule has 2 aliphatic rings. The fourth-order valence-corrected chi connectivity index (χ4v) is 3.91. The molecule has 3 atom stereocenters. The summed E-state index contributed by atoms with van der Waals surface area (Å²) in [7, 11) is 0. The van der Waals surface area contributed by atoms with Gasteiger partial charge in [-0.1, -0.05) is 11.6 Å². The molecule has 0 spiro atoms. The molecule has 2 aliphatic heterocycles. The molecule has 2 heterocycles. The van der Waals surface area contributed by atoms with Crippen molar-refractivity contribution >= 4 is 29.1 Å². The molecule has 0 aromatic heterocycles. The lowest BCUT2D eigenvalue weighted by Crippen LogP contribution is -2.47. The second-order valence-corrected chi connectivity index (χ2v) is 7.52. The van der Waals surface area contributed by atoms with E-state index < -0.39 is 0 Å². The summed E-state index contributed by atoms with van der Waals surface area (Å²) in [5.74, 6) is -0.333. The van der Waals surface area contributed by atoms with Crippen LogP contribution in [0.3, 0.4) is 0 Å². The van der Waals surface area contributed by atoms with Crippen molar-refractivity contribution in [2.45, 2.75) is 51.6 Å². The van der Waals surface area contributed by atoms with Crippen LogP contribution in [0.25, 0.3) is 0 Å². The number of piperidine rings is 1. The number of carbonyl (C=O) groups is 2. The van der Waals surface area contributed by atoms with E-state index in [2.05, 4.69) is 19.2 Å². The molecule has 1 N–H and O–H groups in total. The van der Waals surface area contributed by atoms with Crippen molar-refractivity contribution in [3.63, 3.8) is 0 Å². The highest BCUT2D eigenvalue weighted by Crippen LogP contribution is 2.29. The van der Waals surface area contributed by atoms with Gasteiger partial charge in [-0.3, -0.25) is 9.59 Å². The lowest BCUT2D eigenvalue weighted by Gasteiger charge is -2.39. The van der Waals surface area contributed by atoms with Crippen molar-refractivity contribution in [2.24, 2.45) is 5.92 Å². The molecule has 2 fully saturated rings. The third-order valence-corrected chi connectivity index (χ3v) is 5.43.